The SMILES string of the molecule is CC(C)c1noc(CCNC(=O)NC2CCCCCC2)n1. The second-order valence-corrected chi connectivity index (χ2v) is 6.04. The van der Waals surface area contributed by atoms with Gasteiger partial charge in [0.1, 0.15) is 0 Å². The Labute approximate surface area is 126 Å². The molecule has 0 spiro atoms. The third-order valence-electron chi connectivity index (χ3n) is 3.82. The van der Waals surface area contributed by atoms with Gasteiger partial charge in [-0.2, -0.15) is 4.98 Å². The Kier molecular flexibility index (Phi) is 6.02. The van der Waals surface area contributed by atoms with E-state index in [4.69, 9.17) is 4.52 Å². The van der Waals surface area contributed by atoms with Gasteiger partial charge in [0.25, 0.3) is 0 Å². The summed E-state index contributed by atoms with van der Waals surface area (Å²) in [5.41, 5.74) is 0. The summed E-state index contributed by atoms with van der Waals surface area (Å²) in [5, 5.41) is 9.81. The Bertz CT molecular complexity index is 437. The van der Waals surface area contributed by atoms with Gasteiger partial charge in [0.05, 0.1) is 0 Å². The fourth-order valence-electron chi connectivity index (χ4n) is 2.55. The van der Waals surface area contributed by atoms with Crippen molar-refractivity contribution in [2.45, 2.75) is 70.8 Å². The number of urea groups is 1. The van der Waals surface area contributed by atoms with E-state index in [2.05, 4.69) is 20.8 Å². The number of hydrogen-bond acceptors (Lipinski definition) is 4. The largest absolute Gasteiger partial charge is 0.339 e. The fraction of sp³-hybridized carbons (Fsp3) is 0.800. The molecule has 0 unspecified atom stereocenters. The van der Waals surface area contributed by atoms with Gasteiger partial charge in [-0.3, -0.25) is 0 Å². The molecule has 0 atom stereocenters. The molecular formula is C15H26N4O2. The molecule has 21 heavy (non-hydrogen) atoms. The van der Waals surface area contributed by atoms with Crippen LogP contribution in [-0.4, -0.2) is 28.8 Å². The molecule has 2 rings (SSSR count). The Morgan fingerprint density at radius 3 is 2.62 bits per heavy atom. The topological polar surface area (TPSA) is 80.0 Å². The monoisotopic (exact) mass is 294 g/mol. The third-order valence-corrected chi connectivity index (χ3v) is 3.82. The molecule has 6 nitrogen and oxygen atoms in total. The van der Waals surface area contributed by atoms with Gasteiger partial charge in [-0.25, -0.2) is 4.79 Å². The van der Waals surface area contributed by atoms with Crippen molar-refractivity contribution >= 4 is 6.03 Å². The standard InChI is InChI=1S/C15H26N4O2/c1-11(2)14-18-13(21-19-14)9-10-16-15(20)17-12-7-5-3-4-6-8-12/h11-12H,3-10H2,1-2H3,(H2,16,17,20). The first-order valence-corrected chi connectivity index (χ1v) is 8.02. The zero-order chi connectivity index (χ0) is 15.1. The van der Waals surface area contributed by atoms with Crippen LogP contribution in [0.5, 0.6) is 0 Å². The average Bonchev–Trinajstić information content (AvgIpc) is 2.77. The molecule has 1 heterocycles. The molecule has 0 aliphatic heterocycles. The Hall–Kier alpha value is -1.59. The van der Waals surface area contributed by atoms with Crippen LogP contribution in [0.1, 0.15) is 70.0 Å². The smallest absolute Gasteiger partial charge is 0.315 e. The minimum atomic E-state index is -0.0921. The lowest BCUT2D eigenvalue weighted by Crippen LogP contribution is -2.42. The maximum absolute atomic E-state index is 11.8. The van der Waals surface area contributed by atoms with E-state index in [-0.39, 0.29) is 11.9 Å². The van der Waals surface area contributed by atoms with E-state index < -0.39 is 0 Å². The maximum atomic E-state index is 11.8. The molecule has 1 aromatic rings. The van der Waals surface area contributed by atoms with Crippen molar-refractivity contribution in [2.75, 3.05) is 6.54 Å². The van der Waals surface area contributed by atoms with E-state index in [1.807, 2.05) is 13.8 Å². The Morgan fingerprint density at radius 2 is 2.00 bits per heavy atom. The number of hydrogen-bond donors (Lipinski definition) is 2. The van der Waals surface area contributed by atoms with Crippen LogP contribution in [0.15, 0.2) is 4.52 Å². The Morgan fingerprint density at radius 1 is 1.29 bits per heavy atom. The molecule has 2 amide bonds. The second kappa shape index (κ2) is 8.00. The van der Waals surface area contributed by atoms with Crippen molar-refractivity contribution in [3.63, 3.8) is 0 Å². The molecule has 0 saturated heterocycles. The van der Waals surface area contributed by atoms with Crippen LogP contribution in [-0.2, 0) is 6.42 Å². The summed E-state index contributed by atoms with van der Waals surface area (Å²) in [7, 11) is 0. The summed E-state index contributed by atoms with van der Waals surface area (Å²) in [6, 6.07) is 0.231. The Balaban J connectivity index is 1.66. The minimum Gasteiger partial charge on any atom is -0.339 e. The van der Waals surface area contributed by atoms with Crippen molar-refractivity contribution in [1.82, 2.24) is 20.8 Å². The van der Waals surface area contributed by atoms with Crippen LogP contribution in [0.25, 0.3) is 0 Å². The molecular weight excluding hydrogens is 268 g/mol. The van der Waals surface area contributed by atoms with E-state index >= 15 is 0 Å². The number of nitrogens with one attached hydrogen (secondary N) is 2. The molecule has 1 fully saturated rings. The van der Waals surface area contributed by atoms with Crippen LogP contribution in [0.2, 0.25) is 0 Å². The fourth-order valence-corrected chi connectivity index (χ4v) is 2.55. The first-order chi connectivity index (χ1) is 10.1. The molecule has 0 radical (unpaired) electrons. The molecule has 2 N–H and O–H groups in total. The van der Waals surface area contributed by atoms with Gasteiger partial charge in [0, 0.05) is 24.9 Å². The van der Waals surface area contributed by atoms with Crippen molar-refractivity contribution < 1.29 is 9.32 Å². The normalized spacial score (nSPS) is 16.7. The van der Waals surface area contributed by atoms with Crippen molar-refractivity contribution in [3.05, 3.63) is 11.7 Å². The van der Waals surface area contributed by atoms with Crippen LogP contribution in [0.4, 0.5) is 4.79 Å². The summed E-state index contributed by atoms with van der Waals surface area (Å²) >= 11 is 0. The van der Waals surface area contributed by atoms with Crippen LogP contribution >= 0.6 is 0 Å². The predicted molar refractivity (Wildman–Crippen MR) is 80.1 cm³/mol. The molecule has 1 aromatic heterocycles. The lowest BCUT2D eigenvalue weighted by atomic mass is 10.1. The van der Waals surface area contributed by atoms with E-state index in [0.717, 1.165) is 12.8 Å². The zero-order valence-electron chi connectivity index (χ0n) is 13.0. The zero-order valence-corrected chi connectivity index (χ0v) is 13.0. The summed E-state index contributed by atoms with van der Waals surface area (Å²) < 4.78 is 5.14. The first kappa shape index (κ1) is 15.8. The van der Waals surface area contributed by atoms with E-state index in [1.165, 1.54) is 25.7 Å². The van der Waals surface area contributed by atoms with Crippen molar-refractivity contribution in [2.24, 2.45) is 0 Å². The van der Waals surface area contributed by atoms with Gasteiger partial charge in [0.2, 0.25) is 5.89 Å². The highest BCUT2D eigenvalue weighted by Gasteiger charge is 2.14. The number of rotatable bonds is 5. The van der Waals surface area contributed by atoms with Gasteiger partial charge in [-0.15, -0.1) is 0 Å². The highest BCUT2D eigenvalue weighted by molar-refractivity contribution is 5.74. The highest BCUT2D eigenvalue weighted by atomic mass is 16.5. The lowest BCUT2D eigenvalue weighted by Gasteiger charge is -2.16. The van der Waals surface area contributed by atoms with Crippen molar-refractivity contribution in [1.29, 1.82) is 0 Å². The van der Waals surface area contributed by atoms with Gasteiger partial charge in [-0.1, -0.05) is 44.7 Å². The predicted octanol–water partition coefficient (Wildman–Crippen LogP) is 2.76. The van der Waals surface area contributed by atoms with E-state index in [1.54, 1.807) is 0 Å². The molecule has 1 aliphatic rings. The maximum Gasteiger partial charge on any atom is 0.315 e. The number of nitrogens with zero attached hydrogens (tertiary/aromatic N) is 2. The number of amides is 2. The third kappa shape index (κ3) is 5.36. The lowest BCUT2D eigenvalue weighted by molar-refractivity contribution is 0.235. The van der Waals surface area contributed by atoms with Crippen LogP contribution < -0.4 is 10.6 Å². The van der Waals surface area contributed by atoms with Crippen LogP contribution in [0.3, 0.4) is 0 Å². The van der Waals surface area contributed by atoms with Crippen LogP contribution in [0, 0.1) is 0 Å². The summed E-state index contributed by atoms with van der Waals surface area (Å²) in [6.07, 6.45) is 7.75. The molecule has 118 valence electrons. The highest BCUT2D eigenvalue weighted by Crippen LogP contribution is 2.17. The average molecular weight is 294 g/mol. The molecule has 6 heteroatoms. The van der Waals surface area contributed by atoms with Gasteiger partial charge < -0.3 is 15.2 Å². The second-order valence-electron chi connectivity index (χ2n) is 6.04. The number of carbonyl (C=O) groups is 1. The molecule has 0 aromatic carbocycles. The number of carbonyl (C=O) groups excluding carboxylic acids is 1. The number of aromatic nitrogens is 2. The quantitative estimate of drug-likeness (QED) is 0.818. The van der Waals surface area contributed by atoms with Gasteiger partial charge in [-0.05, 0) is 12.8 Å². The molecule has 1 aliphatic carbocycles. The van der Waals surface area contributed by atoms with E-state index in [0.29, 0.717) is 30.7 Å². The summed E-state index contributed by atoms with van der Waals surface area (Å²) in [6.45, 7) is 4.55. The van der Waals surface area contributed by atoms with Crippen molar-refractivity contribution in [3.8, 4) is 0 Å². The van der Waals surface area contributed by atoms with Gasteiger partial charge in [0.15, 0.2) is 5.82 Å². The first-order valence-electron chi connectivity index (χ1n) is 8.02. The minimum absolute atomic E-state index is 0.0921. The van der Waals surface area contributed by atoms with Gasteiger partial charge >= 0.3 is 6.03 Å². The van der Waals surface area contributed by atoms with E-state index in [9.17, 15) is 4.79 Å². The summed E-state index contributed by atoms with van der Waals surface area (Å²) in [5.74, 6) is 1.55. The molecule has 1 saturated carbocycles. The summed E-state index contributed by atoms with van der Waals surface area (Å²) in [4.78, 5) is 16.1. The molecule has 0 bridgehead atoms.